The number of methoxy groups -OCH3 is 1. The fraction of sp³-hybridized carbons (Fsp3) is 0.286. The van der Waals surface area contributed by atoms with Crippen LogP contribution in [0.1, 0.15) is 17.0 Å². The van der Waals surface area contributed by atoms with Crippen molar-refractivity contribution in [3.05, 3.63) is 53.9 Å². The van der Waals surface area contributed by atoms with Gasteiger partial charge in [-0.25, -0.2) is 4.68 Å². The van der Waals surface area contributed by atoms with E-state index in [0.29, 0.717) is 18.7 Å². The summed E-state index contributed by atoms with van der Waals surface area (Å²) < 4.78 is 6.88. The van der Waals surface area contributed by atoms with E-state index in [1.54, 1.807) is 17.9 Å². The van der Waals surface area contributed by atoms with E-state index in [0.717, 1.165) is 17.0 Å². The first-order valence-electron chi connectivity index (χ1n) is 6.04. The Labute approximate surface area is 112 Å². The maximum atomic E-state index is 9.30. The van der Waals surface area contributed by atoms with E-state index in [1.165, 1.54) is 0 Å². The van der Waals surface area contributed by atoms with Crippen molar-refractivity contribution >= 4 is 0 Å². The van der Waals surface area contributed by atoms with Gasteiger partial charge in [-0.1, -0.05) is 23.4 Å². The van der Waals surface area contributed by atoms with Gasteiger partial charge in [0, 0.05) is 6.42 Å². The maximum Gasteiger partial charge on any atom is 0.118 e. The molecule has 1 N–H and O–H groups in total. The Morgan fingerprint density at radius 1 is 1.37 bits per heavy atom. The summed E-state index contributed by atoms with van der Waals surface area (Å²) in [5, 5.41) is 17.3. The lowest BCUT2D eigenvalue weighted by atomic mass is 10.1. The number of benzene rings is 1. The third-order valence-electron chi connectivity index (χ3n) is 2.90. The van der Waals surface area contributed by atoms with Crippen molar-refractivity contribution in [2.24, 2.45) is 0 Å². The molecule has 5 heteroatoms. The molecule has 0 amide bonds. The predicted molar refractivity (Wildman–Crippen MR) is 71.9 cm³/mol. The summed E-state index contributed by atoms with van der Waals surface area (Å²) in [6.07, 6.45) is 2.42. The van der Waals surface area contributed by atoms with Gasteiger partial charge in [0.1, 0.15) is 11.4 Å². The van der Waals surface area contributed by atoms with Crippen molar-refractivity contribution in [3.63, 3.8) is 0 Å². The molecular formula is C14H17N3O2. The number of rotatable bonds is 6. The molecule has 0 spiro atoms. The smallest absolute Gasteiger partial charge is 0.118 e. The fourth-order valence-electron chi connectivity index (χ4n) is 1.89. The zero-order chi connectivity index (χ0) is 13.7. The number of aliphatic hydroxyl groups is 1. The molecule has 0 aliphatic carbocycles. The van der Waals surface area contributed by atoms with E-state index >= 15 is 0 Å². The lowest BCUT2D eigenvalue weighted by Crippen LogP contribution is -2.05. The molecule has 2 aromatic rings. The van der Waals surface area contributed by atoms with Crippen molar-refractivity contribution in [3.8, 4) is 5.75 Å². The number of nitrogens with zero attached hydrogens (tertiary/aromatic N) is 3. The van der Waals surface area contributed by atoms with Gasteiger partial charge in [-0.05, 0) is 17.7 Å². The summed E-state index contributed by atoms with van der Waals surface area (Å²) in [6.45, 7) is 4.17. The molecule has 0 unspecified atom stereocenters. The van der Waals surface area contributed by atoms with Crippen molar-refractivity contribution in [1.82, 2.24) is 15.0 Å². The zero-order valence-electron chi connectivity index (χ0n) is 10.9. The standard InChI is InChI=1S/C14H17N3O2/c1-3-8-17-14(13(10-18)15-16-17)9-11-4-6-12(19-2)7-5-11/h3-7,18H,1,8-10H2,2H3. The van der Waals surface area contributed by atoms with Gasteiger partial charge >= 0.3 is 0 Å². The fourth-order valence-corrected chi connectivity index (χ4v) is 1.89. The molecule has 0 aliphatic rings. The minimum Gasteiger partial charge on any atom is -0.497 e. The van der Waals surface area contributed by atoms with Gasteiger partial charge in [-0.2, -0.15) is 0 Å². The van der Waals surface area contributed by atoms with Crippen LogP contribution in [-0.4, -0.2) is 27.2 Å². The predicted octanol–water partition coefficient (Wildman–Crippen LogP) is 1.56. The average Bonchev–Trinajstić information content (AvgIpc) is 2.82. The van der Waals surface area contributed by atoms with E-state index < -0.39 is 0 Å². The molecule has 0 fully saturated rings. The van der Waals surface area contributed by atoms with Gasteiger partial charge in [-0.3, -0.25) is 0 Å². The lowest BCUT2D eigenvalue weighted by Gasteiger charge is -2.06. The topological polar surface area (TPSA) is 60.2 Å². The normalized spacial score (nSPS) is 10.4. The third kappa shape index (κ3) is 3.00. The summed E-state index contributed by atoms with van der Waals surface area (Å²) in [7, 11) is 1.64. The number of hydrogen-bond acceptors (Lipinski definition) is 4. The molecule has 0 radical (unpaired) electrons. The molecule has 1 heterocycles. The van der Waals surface area contributed by atoms with Crippen LogP contribution in [0.3, 0.4) is 0 Å². The highest BCUT2D eigenvalue weighted by Crippen LogP contribution is 2.16. The Morgan fingerprint density at radius 2 is 2.11 bits per heavy atom. The van der Waals surface area contributed by atoms with Gasteiger partial charge < -0.3 is 9.84 Å². The minimum atomic E-state index is -0.109. The molecule has 0 atom stereocenters. The molecule has 0 saturated heterocycles. The highest BCUT2D eigenvalue weighted by molar-refractivity contribution is 5.30. The van der Waals surface area contributed by atoms with Crippen LogP contribution in [0, 0.1) is 0 Å². The first-order valence-corrected chi connectivity index (χ1v) is 6.04. The molecule has 0 saturated carbocycles. The van der Waals surface area contributed by atoms with Crippen LogP contribution in [0.25, 0.3) is 0 Å². The second-order valence-corrected chi connectivity index (χ2v) is 4.14. The van der Waals surface area contributed by atoms with Gasteiger partial charge in [0.05, 0.1) is 26.0 Å². The number of aromatic nitrogens is 3. The van der Waals surface area contributed by atoms with Gasteiger partial charge in [0.15, 0.2) is 0 Å². The molecule has 5 nitrogen and oxygen atoms in total. The third-order valence-corrected chi connectivity index (χ3v) is 2.90. The van der Waals surface area contributed by atoms with Crippen LogP contribution < -0.4 is 4.74 Å². The lowest BCUT2D eigenvalue weighted by molar-refractivity contribution is 0.275. The number of aliphatic hydroxyl groups excluding tert-OH is 1. The van der Waals surface area contributed by atoms with Crippen molar-refractivity contribution in [1.29, 1.82) is 0 Å². The largest absolute Gasteiger partial charge is 0.497 e. The summed E-state index contributed by atoms with van der Waals surface area (Å²) in [5.41, 5.74) is 2.63. The van der Waals surface area contributed by atoms with Crippen LogP contribution in [0.15, 0.2) is 36.9 Å². The summed E-state index contributed by atoms with van der Waals surface area (Å²) in [4.78, 5) is 0. The van der Waals surface area contributed by atoms with Gasteiger partial charge in [0.2, 0.25) is 0 Å². The SMILES string of the molecule is C=CCn1nnc(CO)c1Cc1ccc(OC)cc1. The Balaban J connectivity index is 2.25. The molecule has 19 heavy (non-hydrogen) atoms. The molecule has 1 aromatic heterocycles. The van der Waals surface area contributed by atoms with Crippen LogP contribution in [0.2, 0.25) is 0 Å². The minimum absolute atomic E-state index is 0.109. The molecule has 2 rings (SSSR count). The van der Waals surface area contributed by atoms with Crippen molar-refractivity contribution < 1.29 is 9.84 Å². The average molecular weight is 259 g/mol. The van der Waals surface area contributed by atoms with E-state index in [2.05, 4.69) is 16.9 Å². The Kier molecular flexibility index (Phi) is 4.30. The van der Waals surface area contributed by atoms with E-state index in [9.17, 15) is 5.11 Å². The maximum absolute atomic E-state index is 9.30. The van der Waals surface area contributed by atoms with Gasteiger partial charge in [0.25, 0.3) is 0 Å². The number of allylic oxidation sites excluding steroid dienone is 1. The Bertz CT molecular complexity index is 546. The summed E-state index contributed by atoms with van der Waals surface area (Å²) >= 11 is 0. The van der Waals surface area contributed by atoms with Crippen LogP contribution in [-0.2, 0) is 19.6 Å². The highest BCUT2D eigenvalue weighted by Gasteiger charge is 2.11. The zero-order valence-corrected chi connectivity index (χ0v) is 10.9. The Hall–Kier alpha value is -2.14. The first kappa shape index (κ1) is 13.3. The second kappa shape index (κ2) is 6.15. The second-order valence-electron chi connectivity index (χ2n) is 4.14. The summed E-state index contributed by atoms with van der Waals surface area (Å²) in [6, 6.07) is 7.81. The molecule has 0 aliphatic heterocycles. The highest BCUT2D eigenvalue weighted by atomic mass is 16.5. The molecule has 100 valence electrons. The van der Waals surface area contributed by atoms with Crippen LogP contribution in [0.5, 0.6) is 5.75 Å². The number of ether oxygens (including phenoxy) is 1. The molecule has 1 aromatic carbocycles. The van der Waals surface area contributed by atoms with Crippen LogP contribution >= 0.6 is 0 Å². The first-order chi connectivity index (χ1) is 9.28. The molecule has 0 bridgehead atoms. The Morgan fingerprint density at radius 3 is 2.68 bits per heavy atom. The quantitative estimate of drug-likeness (QED) is 0.800. The van der Waals surface area contributed by atoms with E-state index in [1.807, 2.05) is 24.3 Å². The van der Waals surface area contributed by atoms with Crippen molar-refractivity contribution in [2.45, 2.75) is 19.6 Å². The van der Waals surface area contributed by atoms with Crippen LogP contribution in [0.4, 0.5) is 0 Å². The van der Waals surface area contributed by atoms with E-state index in [-0.39, 0.29) is 6.61 Å². The van der Waals surface area contributed by atoms with E-state index in [4.69, 9.17) is 4.74 Å². The van der Waals surface area contributed by atoms with Gasteiger partial charge in [-0.15, -0.1) is 11.7 Å². The monoisotopic (exact) mass is 259 g/mol. The van der Waals surface area contributed by atoms with Crippen molar-refractivity contribution in [2.75, 3.05) is 7.11 Å². The molecular weight excluding hydrogens is 242 g/mol. The summed E-state index contributed by atoms with van der Waals surface area (Å²) in [5.74, 6) is 0.823. The number of hydrogen-bond donors (Lipinski definition) is 1.